The van der Waals surface area contributed by atoms with Crippen molar-refractivity contribution in [2.75, 3.05) is 19.5 Å². The second-order valence-electron chi connectivity index (χ2n) is 8.58. The van der Waals surface area contributed by atoms with Crippen LogP contribution in [-0.4, -0.2) is 26.1 Å². The molecule has 1 N–H and O–H groups in total. The smallest absolute Gasteiger partial charge is 0.339 e. The van der Waals surface area contributed by atoms with E-state index in [0.717, 1.165) is 11.3 Å². The first-order chi connectivity index (χ1) is 15.7. The minimum absolute atomic E-state index is 0.0654. The number of amides is 1. The van der Waals surface area contributed by atoms with Gasteiger partial charge in [0.15, 0.2) is 0 Å². The molecule has 3 rings (SSSR count). The molecule has 0 bridgehead atoms. The van der Waals surface area contributed by atoms with Crippen LogP contribution in [0.4, 0.5) is 5.69 Å². The van der Waals surface area contributed by atoms with Gasteiger partial charge in [-0.3, -0.25) is 4.79 Å². The van der Waals surface area contributed by atoms with E-state index in [1.165, 1.54) is 12.7 Å². The predicted molar refractivity (Wildman–Crippen MR) is 128 cm³/mol. The lowest BCUT2D eigenvalue weighted by atomic mass is 9.87. The van der Waals surface area contributed by atoms with Gasteiger partial charge in [0.2, 0.25) is 0 Å². The van der Waals surface area contributed by atoms with Crippen molar-refractivity contribution < 1.29 is 23.8 Å². The molecule has 0 radical (unpaired) electrons. The highest BCUT2D eigenvalue weighted by Crippen LogP contribution is 2.26. The Morgan fingerprint density at radius 3 is 2.24 bits per heavy atom. The highest BCUT2D eigenvalue weighted by molar-refractivity contribution is 6.08. The molecule has 0 aliphatic heterocycles. The van der Waals surface area contributed by atoms with E-state index in [-0.39, 0.29) is 23.5 Å². The maximum atomic E-state index is 12.9. The van der Waals surface area contributed by atoms with Gasteiger partial charge in [-0.05, 0) is 53.4 Å². The van der Waals surface area contributed by atoms with Gasteiger partial charge in [-0.2, -0.15) is 0 Å². The molecule has 33 heavy (non-hydrogen) atoms. The summed E-state index contributed by atoms with van der Waals surface area (Å²) in [6, 6.07) is 19.8. The minimum atomic E-state index is -0.521. The van der Waals surface area contributed by atoms with Crippen LogP contribution in [0.25, 0.3) is 0 Å². The molecule has 0 heterocycles. The first-order valence-electron chi connectivity index (χ1n) is 10.6. The van der Waals surface area contributed by atoms with Gasteiger partial charge in [0.1, 0.15) is 18.1 Å². The van der Waals surface area contributed by atoms with Crippen molar-refractivity contribution in [2.45, 2.75) is 32.8 Å². The summed E-state index contributed by atoms with van der Waals surface area (Å²) >= 11 is 0. The Balaban J connectivity index is 1.77. The van der Waals surface area contributed by atoms with Crippen LogP contribution in [0, 0.1) is 0 Å². The highest BCUT2D eigenvalue weighted by Gasteiger charge is 2.16. The standard InChI is InChI=1S/C27H29NO5/c1-27(2,3)20-11-13-21(14-12-20)33-17-19-16-18(10-15-24(19)31-4)25(29)28-23-9-7-6-8-22(23)26(30)32-5/h6-16H,17H2,1-5H3,(H,28,29). The summed E-state index contributed by atoms with van der Waals surface area (Å²) in [6.07, 6.45) is 0. The van der Waals surface area contributed by atoms with Crippen molar-refractivity contribution in [2.24, 2.45) is 0 Å². The molecule has 6 heteroatoms. The fourth-order valence-electron chi connectivity index (χ4n) is 3.32. The molecule has 0 atom stereocenters. The molecule has 0 saturated heterocycles. The largest absolute Gasteiger partial charge is 0.496 e. The van der Waals surface area contributed by atoms with E-state index in [0.29, 0.717) is 17.0 Å². The van der Waals surface area contributed by atoms with Crippen molar-refractivity contribution in [1.29, 1.82) is 0 Å². The monoisotopic (exact) mass is 447 g/mol. The molecular formula is C27H29NO5. The number of rotatable bonds is 7. The summed E-state index contributed by atoms with van der Waals surface area (Å²) in [6.45, 7) is 6.72. The first kappa shape index (κ1) is 23.9. The van der Waals surface area contributed by atoms with Crippen molar-refractivity contribution in [3.8, 4) is 11.5 Å². The number of benzene rings is 3. The molecule has 0 saturated carbocycles. The predicted octanol–water partition coefficient (Wildman–Crippen LogP) is 5.61. The van der Waals surface area contributed by atoms with Crippen LogP contribution in [0.2, 0.25) is 0 Å². The zero-order valence-electron chi connectivity index (χ0n) is 19.6. The van der Waals surface area contributed by atoms with Crippen LogP contribution >= 0.6 is 0 Å². The van der Waals surface area contributed by atoms with Crippen LogP contribution in [-0.2, 0) is 16.8 Å². The van der Waals surface area contributed by atoms with Gasteiger partial charge in [-0.1, -0.05) is 45.0 Å². The van der Waals surface area contributed by atoms with Gasteiger partial charge in [-0.15, -0.1) is 0 Å². The fraction of sp³-hybridized carbons (Fsp3) is 0.259. The molecule has 3 aromatic rings. The lowest BCUT2D eigenvalue weighted by molar-refractivity contribution is 0.0602. The second-order valence-corrected chi connectivity index (χ2v) is 8.58. The Hall–Kier alpha value is -3.80. The maximum absolute atomic E-state index is 12.9. The Labute approximate surface area is 194 Å². The van der Waals surface area contributed by atoms with Gasteiger partial charge < -0.3 is 19.5 Å². The summed E-state index contributed by atoms with van der Waals surface area (Å²) in [7, 11) is 2.87. The number of methoxy groups -OCH3 is 2. The topological polar surface area (TPSA) is 73.9 Å². The quantitative estimate of drug-likeness (QED) is 0.477. The van der Waals surface area contributed by atoms with Crippen molar-refractivity contribution in [3.63, 3.8) is 0 Å². The van der Waals surface area contributed by atoms with Gasteiger partial charge in [-0.25, -0.2) is 4.79 Å². The van der Waals surface area contributed by atoms with E-state index in [1.54, 1.807) is 49.6 Å². The van der Waals surface area contributed by atoms with Crippen molar-refractivity contribution in [3.05, 3.63) is 89.0 Å². The van der Waals surface area contributed by atoms with Crippen LogP contribution in [0.1, 0.15) is 52.6 Å². The summed E-state index contributed by atoms with van der Waals surface area (Å²) < 4.78 is 16.2. The van der Waals surface area contributed by atoms with E-state index in [9.17, 15) is 9.59 Å². The Kier molecular flexibility index (Phi) is 7.38. The van der Waals surface area contributed by atoms with Crippen LogP contribution in [0.15, 0.2) is 66.7 Å². The molecule has 0 spiro atoms. The number of carbonyl (C=O) groups is 2. The lowest BCUT2D eigenvalue weighted by Crippen LogP contribution is -2.16. The number of anilines is 1. The number of nitrogens with one attached hydrogen (secondary N) is 1. The number of hydrogen-bond acceptors (Lipinski definition) is 5. The third-order valence-electron chi connectivity index (χ3n) is 5.24. The molecule has 1 amide bonds. The SMILES string of the molecule is COC(=O)c1ccccc1NC(=O)c1ccc(OC)c(COc2ccc(C(C)(C)C)cc2)c1. The van der Waals surface area contributed by atoms with Gasteiger partial charge in [0.05, 0.1) is 25.5 Å². The van der Waals surface area contributed by atoms with Crippen molar-refractivity contribution >= 4 is 17.6 Å². The highest BCUT2D eigenvalue weighted by atomic mass is 16.5. The first-order valence-corrected chi connectivity index (χ1v) is 10.6. The number of hydrogen-bond donors (Lipinski definition) is 1. The third-order valence-corrected chi connectivity index (χ3v) is 5.24. The average molecular weight is 448 g/mol. The molecule has 0 aliphatic rings. The Morgan fingerprint density at radius 1 is 0.909 bits per heavy atom. The Morgan fingerprint density at radius 2 is 1.61 bits per heavy atom. The molecule has 3 aromatic carbocycles. The van der Waals surface area contributed by atoms with Crippen LogP contribution in [0.3, 0.4) is 0 Å². The van der Waals surface area contributed by atoms with Crippen LogP contribution in [0.5, 0.6) is 11.5 Å². The molecule has 0 fully saturated rings. The lowest BCUT2D eigenvalue weighted by Gasteiger charge is -2.19. The normalized spacial score (nSPS) is 10.9. The van der Waals surface area contributed by atoms with E-state index in [2.05, 4.69) is 38.2 Å². The molecule has 0 aromatic heterocycles. The van der Waals surface area contributed by atoms with Gasteiger partial charge in [0, 0.05) is 11.1 Å². The molecule has 0 unspecified atom stereocenters. The molecule has 172 valence electrons. The fourth-order valence-corrected chi connectivity index (χ4v) is 3.32. The van der Waals surface area contributed by atoms with Crippen LogP contribution < -0.4 is 14.8 Å². The number of para-hydroxylation sites is 1. The number of ether oxygens (including phenoxy) is 3. The van der Waals surface area contributed by atoms with Gasteiger partial charge in [0.25, 0.3) is 5.91 Å². The van der Waals surface area contributed by atoms with E-state index >= 15 is 0 Å². The van der Waals surface area contributed by atoms with Gasteiger partial charge >= 0.3 is 5.97 Å². The van der Waals surface area contributed by atoms with E-state index in [1.807, 2.05) is 12.1 Å². The summed E-state index contributed by atoms with van der Waals surface area (Å²) in [5.41, 5.74) is 3.09. The zero-order valence-corrected chi connectivity index (χ0v) is 19.6. The molecule has 6 nitrogen and oxygen atoms in total. The minimum Gasteiger partial charge on any atom is -0.496 e. The number of carbonyl (C=O) groups excluding carboxylic acids is 2. The number of esters is 1. The molecule has 0 aliphatic carbocycles. The zero-order chi connectivity index (χ0) is 24.0. The third kappa shape index (κ3) is 5.92. The Bertz CT molecular complexity index is 1130. The summed E-state index contributed by atoms with van der Waals surface area (Å²) in [4.78, 5) is 24.9. The maximum Gasteiger partial charge on any atom is 0.339 e. The van der Waals surface area contributed by atoms with E-state index < -0.39 is 5.97 Å². The molecular weight excluding hydrogens is 418 g/mol. The van der Waals surface area contributed by atoms with E-state index in [4.69, 9.17) is 14.2 Å². The van der Waals surface area contributed by atoms with Crippen molar-refractivity contribution in [1.82, 2.24) is 0 Å². The summed E-state index contributed by atoms with van der Waals surface area (Å²) in [5, 5.41) is 2.78. The summed E-state index contributed by atoms with van der Waals surface area (Å²) in [5.74, 6) is 0.469. The average Bonchev–Trinajstić information content (AvgIpc) is 2.82. The second kappa shape index (κ2) is 10.2.